The lowest BCUT2D eigenvalue weighted by atomic mass is 10.2. The lowest BCUT2D eigenvalue weighted by Gasteiger charge is -1.97. The zero-order chi connectivity index (χ0) is 10.8. The van der Waals surface area contributed by atoms with Crippen LogP contribution in [0.2, 0.25) is 0 Å². The van der Waals surface area contributed by atoms with Crippen LogP contribution in [0.15, 0.2) is 24.3 Å². The van der Waals surface area contributed by atoms with E-state index >= 15 is 0 Å². The van der Waals surface area contributed by atoms with Crippen molar-refractivity contribution in [1.29, 1.82) is 0 Å². The number of nitro groups is 1. The summed E-state index contributed by atoms with van der Waals surface area (Å²) in [6, 6.07) is 5.79. The number of rotatable bonds is 2. The van der Waals surface area contributed by atoms with Crippen LogP contribution in [-0.4, -0.2) is 25.3 Å². The summed E-state index contributed by atoms with van der Waals surface area (Å²) in [5.41, 5.74) is -0.0105. The van der Waals surface area contributed by atoms with E-state index in [0.717, 1.165) is 11.6 Å². The fraction of sp³-hybridized carbons (Fsp3) is 0.125. The minimum atomic E-state index is -3.11. The Morgan fingerprint density at radius 1 is 1.50 bits per heavy atom. The number of hydrogen-bond acceptors (Lipinski definition) is 3. The second kappa shape index (κ2) is 3.77. The molecule has 0 aromatic heterocycles. The predicted molar refractivity (Wildman–Crippen MR) is 55.0 cm³/mol. The van der Waals surface area contributed by atoms with E-state index in [1.165, 1.54) is 18.2 Å². The van der Waals surface area contributed by atoms with Crippen molar-refractivity contribution in [1.82, 2.24) is 0 Å². The molecule has 1 aromatic carbocycles. The zero-order valence-corrected chi connectivity index (χ0v) is 8.23. The van der Waals surface area contributed by atoms with Crippen LogP contribution in [0, 0.1) is 10.1 Å². The van der Waals surface area contributed by atoms with Crippen molar-refractivity contribution in [2.75, 3.05) is 6.26 Å². The van der Waals surface area contributed by atoms with Gasteiger partial charge in [0.15, 0.2) is 0 Å². The molecule has 14 heavy (non-hydrogen) atoms. The van der Waals surface area contributed by atoms with Gasteiger partial charge in [-0.1, -0.05) is 12.1 Å². The summed E-state index contributed by atoms with van der Waals surface area (Å²) < 4.78 is 20.0. The van der Waals surface area contributed by atoms with Gasteiger partial charge in [0.05, 0.1) is 20.3 Å². The third-order valence-corrected chi connectivity index (χ3v) is 2.17. The van der Waals surface area contributed by atoms with E-state index < -0.39 is 14.7 Å². The van der Waals surface area contributed by atoms with Gasteiger partial charge in [0, 0.05) is 17.7 Å². The molecular formula is C8H9NO4S. The second-order valence-electron chi connectivity index (χ2n) is 2.79. The maximum absolute atomic E-state index is 11.0. The van der Waals surface area contributed by atoms with Crippen molar-refractivity contribution >= 4 is 20.9 Å². The highest BCUT2D eigenvalue weighted by Gasteiger charge is 2.11. The van der Waals surface area contributed by atoms with Gasteiger partial charge < -0.3 is 4.55 Å². The summed E-state index contributed by atoms with van der Waals surface area (Å²) in [6.07, 6.45) is 1.10. The molecule has 1 rings (SSSR count). The molecule has 1 unspecified atom stereocenters. The molecule has 1 aromatic rings. The van der Waals surface area contributed by atoms with Crippen molar-refractivity contribution in [3.8, 4) is 0 Å². The Morgan fingerprint density at radius 3 is 2.57 bits per heavy atom. The lowest BCUT2D eigenvalue weighted by molar-refractivity contribution is -0.385. The van der Waals surface area contributed by atoms with Gasteiger partial charge in [-0.3, -0.25) is 10.1 Å². The quantitative estimate of drug-likeness (QED) is 0.455. The monoisotopic (exact) mass is 215 g/mol. The third-order valence-electron chi connectivity index (χ3n) is 1.48. The first-order valence-electron chi connectivity index (χ1n) is 3.70. The van der Waals surface area contributed by atoms with Gasteiger partial charge in [0.1, 0.15) is 0 Å². The summed E-state index contributed by atoms with van der Waals surface area (Å²) >= 11 is 0. The van der Waals surface area contributed by atoms with E-state index in [1.54, 1.807) is 6.07 Å². The fourth-order valence-electron chi connectivity index (χ4n) is 0.989. The minimum absolute atomic E-state index is 0.160. The van der Waals surface area contributed by atoms with Crippen molar-refractivity contribution in [3.63, 3.8) is 0 Å². The first kappa shape index (κ1) is 10.7. The van der Waals surface area contributed by atoms with Crippen LogP contribution in [0.25, 0.3) is 0 Å². The van der Waals surface area contributed by atoms with E-state index in [1.807, 2.05) is 0 Å². The minimum Gasteiger partial charge on any atom is -0.314 e. The summed E-state index contributed by atoms with van der Waals surface area (Å²) in [5, 5.41) is 11.5. The van der Waals surface area contributed by atoms with Gasteiger partial charge in [-0.2, -0.15) is 0 Å². The predicted octanol–water partition coefficient (Wildman–Crippen LogP) is 1.13. The maximum atomic E-state index is 11.0. The van der Waals surface area contributed by atoms with Crippen molar-refractivity contribution in [2.45, 2.75) is 0 Å². The molecule has 0 fully saturated rings. The van der Waals surface area contributed by atoms with Crippen LogP contribution < -0.4 is 0 Å². The molecule has 0 aliphatic heterocycles. The Labute approximate surface area is 81.4 Å². The van der Waals surface area contributed by atoms with Gasteiger partial charge in [-0.15, -0.1) is 0 Å². The van der Waals surface area contributed by atoms with Crippen LogP contribution in [-0.2, 0) is 9.80 Å². The third kappa shape index (κ3) is 2.82. The van der Waals surface area contributed by atoms with Crippen molar-refractivity contribution in [2.24, 2.45) is 0 Å². The normalized spacial score (nSPS) is 14.4. The molecule has 76 valence electrons. The summed E-state index contributed by atoms with van der Waals surface area (Å²) in [5.74, 6) is 0. The van der Waals surface area contributed by atoms with Crippen molar-refractivity contribution in [3.05, 3.63) is 39.9 Å². The molecule has 1 atom stereocenters. The van der Waals surface area contributed by atoms with Gasteiger partial charge in [0.25, 0.3) is 5.69 Å². The molecule has 0 aliphatic rings. The Bertz CT molecular complexity index is 466. The van der Waals surface area contributed by atoms with Crippen molar-refractivity contribution < 1.29 is 13.7 Å². The average molecular weight is 215 g/mol. The van der Waals surface area contributed by atoms with Crippen LogP contribution in [0.5, 0.6) is 0 Å². The topological polar surface area (TPSA) is 80.4 Å². The molecule has 0 saturated heterocycles. The largest absolute Gasteiger partial charge is 0.314 e. The van der Waals surface area contributed by atoms with E-state index in [0.29, 0.717) is 0 Å². The fourth-order valence-corrected chi connectivity index (χ4v) is 1.66. The highest BCUT2D eigenvalue weighted by molar-refractivity contribution is 7.95. The average Bonchev–Trinajstić information content (AvgIpc) is 2.01. The van der Waals surface area contributed by atoms with Gasteiger partial charge in [-0.25, -0.2) is 4.21 Å². The molecule has 0 saturated carbocycles. The summed E-state index contributed by atoms with van der Waals surface area (Å²) in [7, 11) is -3.11. The Kier molecular flexibility index (Phi) is 2.87. The molecule has 1 N–H and O–H groups in total. The van der Waals surface area contributed by atoms with E-state index in [4.69, 9.17) is 4.55 Å². The number of para-hydroxylation sites is 1. The molecule has 0 amide bonds. The number of nitrogens with zero attached hydrogens (tertiary/aromatic N) is 1. The molecule has 5 nitrogen and oxygen atoms in total. The van der Waals surface area contributed by atoms with E-state index in [-0.39, 0.29) is 11.3 Å². The van der Waals surface area contributed by atoms with Gasteiger partial charge in [0.2, 0.25) is 0 Å². The first-order chi connectivity index (χ1) is 6.40. The molecular weight excluding hydrogens is 206 g/mol. The van der Waals surface area contributed by atoms with Gasteiger partial charge >= 0.3 is 0 Å². The van der Waals surface area contributed by atoms with E-state index in [2.05, 4.69) is 0 Å². The standard InChI is InChI=1S/C8H9NO4S/c1-14(12,13)6-7-4-2-3-5-8(7)9(10)11/h2-6H,1H3,(H,12,13). The molecule has 6 heteroatoms. The molecule has 0 aliphatic carbocycles. The van der Waals surface area contributed by atoms with Crippen LogP contribution in [0.4, 0.5) is 5.69 Å². The van der Waals surface area contributed by atoms with Gasteiger partial charge in [-0.05, 0) is 6.07 Å². The van der Waals surface area contributed by atoms with Crippen LogP contribution >= 0.6 is 0 Å². The molecule has 0 heterocycles. The number of benzene rings is 1. The van der Waals surface area contributed by atoms with Crippen LogP contribution in [0.1, 0.15) is 5.56 Å². The SMILES string of the molecule is CS(=O)(O)=Cc1ccccc1[N+](=O)[O-]. The zero-order valence-electron chi connectivity index (χ0n) is 7.41. The molecule has 0 radical (unpaired) electrons. The smallest absolute Gasteiger partial charge is 0.277 e. The highest BCUT2D eigenvalue weighted by atomic mass is 32.2. The Balaban J connectivity index is 3.36. The lowest BCUT2D eigenvalue weighted by Crippen LogP contribution is -2.02. The number of nitro benzene ring substituents is 1. The maximum Gasteiger partial charge on any atom is 0.277 e. The Hall–Kier alpha value is -1.40. The summed E-state index contributed by atoms with van der Waals surface area (Å²) in [6.45, 7) is 0. The second-order valence-corrected chi connectivity index (χ2v) is 4.75. The Morgan fingerprint density at radius 2 is 2.07 bits per heavy atom. The molecule has 0 spiro atoms. The van der Waals surface area contributed by atoms with E-state index in [9.17, 15) is 14.3 Å². The molecule has 0 bridgehead atoms. The first-order valence-corrected chi connectivity index (χ1v) is 5.68. The number of hydrogen-bond donors (Lipinski definition) is 1. The highest BCUT2D eigenvalue weighted by Crippen LogP contribution is 2.15. The summed E-state index contributed by atoms with van der Waals surface area (Å²) in [4.78, 5) is 9.93. The van der Waals surface area contributed by atoms with Crippen LogP contribution in [0.3, 0.4) is 0 Å².